The number of hydrogen-bond donors (Lipinski definition) is 2. The van der Waals surface area contributed by atoms with E-state index in [0.29, 0.717) is 36.7 Å². The summed E-state index contributed by atoms with van der Waals surface area (Å²) in [6.45, 7) is 8.59. The van der Waals surface area contributed by atoms with Crippen molar-refractivity contribution in [1.29, 1.82) is 0 Å². The fourth-order valence-corrected chi connectivity index (χ4v) is 4.41. The average molecular weight is 457 g/mol. The zero-order chi connectivity index (χ0) is 23.2. The number of carbonyl (C=O) groups excluding carboxylic acids is 1. The minimum Gasteiger partial charge on any atom is -0.507 e. The monoisotopic (exact) mass is 456 g/mol. The van der Waals surface area contributed by atoms with Crippen LogP contribution < -0.4 is 4.90 Å². The maximum atomic E-state index is 15.7. The highest BCUT2D eigenvalue weighted by molar-refractivity contribution is 6.34. The largest absolute Gasteiger partial charge is 0.507 e. The third-order valence-electron chi connectivity index (χ3n) is 5.63. The van der Waals surface area contributed by atoms with Gasteiger partial charge < -0.3 is 20.0 Å². The molecule has 2 N–H and O–H groups in total. The van der Waals surface area contributed by atoms with Crippen LogP contribution in [0.15, 0.2) is 36.9 Å². The van der Waals surface area contributed by atoms with Crippen LogP contribution in [0.3, 0.4) is 0 Å². The molecule has 0 radical (unpaired) electrons. The molecule has 1 aliphatic rings. The van der Waals surface area contributed by atoms with Crippen molar-refractivity contribution in [3.63, 3.8) is 0 Å². The highest BCUT2D eigenvalue weighted by Crippen LogP contribution is 2.45. The van der Waals surface area contributed by atoms with Gasteiger partial charge in [-0.2, -0.15) is 0 Å². The van der Waals surface area contributed by atoms with Crippen molar-refractivity contribution < 1.29 is 19.4 Å². The van der Waals surface area contributed by atoms with Gasteiger partial charge in [-0.25, -0.2) is 14.4 Å². The van der Waals surface area contributed by atoms with Crippen molar-refractivity contribution in [1.82, 2.24) is 14.9 Å². The van der Waals surface area contributed by atoms with E-state index in [1.807, 2.05) is 11.8 Å². The first-order valence-electron chi connectivity index (χ1n) is 10.1. The third kappa shape index (κ3) is 3.60. The maximum Gasteiger partial charge on any atom is 0.246 e. The molecule has 0 unspecified atom stereocenters. The van der Waals surface area contributed by atoms with E-state index in [-0.39, 0.29) is 45.1 Å². The quantitative estimate of drug-likeness (QED) is 0.578. The number of fused-ring (bicyclic) bond motifs is 1. The number of aryl methyl sites for hydroxylation is 1. The number of anilines is 1. The van der Waals surface area contributed by atoms with E-state index < -0.39 is 5.82 Å². The predicted octanol–water partition coefficient (Wildman–Crippen LogP) is 4.03. The van der Waals surface area contributed by atoms with Crippen LogP contribution in [0.5, 0.6) is 11.5 Å². The minimum atomic E-state index is -0.760. The number of rotatable bonds is 3. The van der Waals surface area contributed by atoms with E-state index in [1.54, 1.807) is 17.9 Å². The number of phenolic OH excluding ortho intramolecular Hbond substituents is 2. The van der Waals surface area contributed by atoms with Gasteiger partial charge in [0.1, 0.15) is 28.7 Å². The number of hydrogen-bond acceptors (Lipinski definition) is 6. The first-order valence-corrected chi connectivity index (χ1v) is 10.5. The molecular weight excluding hydrogens is 435 g/mol. The molecule has 3 aromatic rings. The molecule has 7 nitrogen and oxygen atoms in total. The third-order valence-corrected chi connectivity index (χ3v) is 5.93. The number of phenols is 2. The molecule has 1 atom stereocenters. The topological polar surface area (TPSA) is 89.8 Å². The zero-order valence-electron chi connectivity index (χ0n) is 17.6. The van der Waals surface area contributed by atoms with Gasteiger partial charge in [-0.1, -0.05) is 24.2 Å². The normalized spacial score (nSPS) is 16.4. The molecule has 9 heteroatoms. The zero-order valence-corrected chi connectivity index (χ0v) is 18.4. The van der Waals surface area contributed by atoms with Crippen molar-refractivity contribution in [2.24, 2.45) is 0 Å². The Hall–Kier alpha value is -3.39. The smallest absolute Gasteiger partial charge is 0.246 e. The Labute approximate surface area is 189 Å². The molecule has 32 heavy (non-hydrogen) atoms. The summed E-state index contributed by atoms with van der Waals surface area (Å²) in [5, 5.41) is 20.9. The summed E-state index contributed by atoms with van der Waals surface area (Å²) in [7, 11) is 0. The van der Waals surface area contributed by atoms with Crippen LogP contribution in [0.25, 0.3) is 22.0 Å². The van der Waals surface area contributed by atoms with E-state index in [4.69, 9.17) is 11.6 Å². The lowest BCUT2D eigenvalue weighted by molar-refractivity contribution is -0.126. The van der Waals surface area contributed by atoms with Crippen molar-refractivity contribution in [2.75, 3.05) is 24.5 Å². The van der Waals surface area contributed by atoms with Crippen LogP contribution in [0.4, 0.5) is 10.2 Å². The SMILES string of the molecule is C=CC(=O)N1CCN(c2nc(C)nc3c(F)c(-c4c(O)cccc4O)c(Cl)cc23)[C@@H](C)C1. The highest BCUT2D eigenvalue weighted by atomic mass is 35.5. The predicted molar refractivity (Wildman–Crippen MR) is 122 cm³/mol. The number of aromatic hydroxyl groups is 2. The molecule has 1 aliphatic heterocycles. The minimum absolute atomic E-state index is 0.00799. The van der Waals surface area contributed by atoms with Crippen molar-refractivity contribution in [3.05, 3.63) is 53.6 Å². The van der Waals surface area contributed by atoms with Crippen LogP contribution in [0.2, 0.25) is 5.02 Å². The summed E-state index contributed by atoms with van der Waals surface area (Å²) in [5.41, 5.74) is -0.195. The Kier molecular flexibility index (Phi) is 5.64. The molecule has 1 saturated heterocycles. The molecule has 0 bridgehead atoms. The van der Waals surface area contributed by atoms with Crippen LogP contribution >= 0.6 is 11.6 Å². The van der Waals surface area contributed by atoms with Crippen molar-refractivity contribution in [2.45, 2.75) is 19.9 Å². The Morgan fingerprint density at radius 3 is 2.56 bits per heavy atom. The summed E-state index contributed by atoms with van der Waals surface area (Å²) in [5.74, 6) is -0.622. The van der Waals surface area contributed by atoms with E-state index in [0.717, 1.165) is 0 Å². The number of aromatic nitrogens is 2. The molecule has 166 valence electrons. The van der Waals surface area contributed by atoms with Crippen LogP contribution in [0, 0.1) is 12.7 Å². The Morgan fingerprint density at radius 2 is 1.94 bits per heavy atom. The lowest BCUT2D eigenvalue weighted by Gasteiger charge is -2.40. The molecule has 0 aliphatic carbocycles. The Bertz CT molecular complexity index is 1230. The standard InChI is InChI=1S/C23H22ClFN4O3/c1-4-18(32)28-8-9-29(12(2)11-28)23-14-10-15(24)19(20-16(30)6-5-7-17(20)31)21(25)22(14)26-13(3)27-23/h4-7,10,12,30-31H,1,8-9,11H2,2-3H3/t12-/m0/s1. The van der Waals surface area contributed by atoms with Gasteiger partial charge in [-0.05, 0) is 38.1 Å². The van der Waals surface area contributed by atoms with Gasteiger partial charge >= 0.3 is 0 Å². The van der Waals surface area contributed by atoms with Crippen LogP contribution in [0.1, 0.15) is 12.7 Å². The van der Waals surface area contributed by atoms with Gasteiger partial charge in [-0.15, -0.1) is 0 Å². The highest BCUT2D eigenvalue weighted by Gasteiger charge is 2.30. The van der Waals surface area contributed by atoms with Crippen molar-refractivity contribution in [3.8, 4) is 22.6 Å². The second-order valence-electron chi connectivity index (χ2n) is 7.74. The lowest BCUT2D eigenvalue weighted by Crippen LogP contribution is -2.53. The number of nitrogens with zero attached hydrogens (tertiary/aromatic N) is 4. The fraction of sp³-hybridized carbons (Fsp3) is 0.261. The lowest BCUT2D eigenvalue weighted by atomic mass is 10.00. The summed E-state index contributed by atoms with van der Waals surface area (Å²) < 4.78 is 15.7. The van der Waals surface area contributed by atoms with Crippen molar-refractivity contribution >= 4 is 34.2 Å². The molecule has 2 heterocycles. The van der Waals surface area contributed by atoms with Crippen LogP contribution in [-0.2, 0) is 4.79 Å². The number of amides is 1. The number of benzene rings is 2. The average Bonchev–Trinajstić information content (AvgIpc) is 2.75. The summed E-state index contributed by atoms with van der Waals surface area (Å²) in [4.78, 5) is 24.5. The summed E-state index contributed by atoms with van der Waals surface area (Å²) >= 11 is 6.46. The summed E-state index contributed by atoms with van der Waals surface area (Å²) in [6.07, 6.45) is 1.29. The van der Waals surface area contributed by atoms with Gasteiger partial charge in [0.05, 0.1) is 10.6 Å². The van der Waals surface area contributed by atoms with Gasteiger partial charge in [0.25, 0.3) is 0 Å². The van der Waals surface area contributed by atoms with E-state index in [2.05, 4.69) is 16.5 Å². The van der Waals surface area contributed by atoms with Gasteiger partial charge in [0.2, 0.25) is 5.91 Å². The molecule has 1 aromatic heterocycles. The molecule has 0 spiro atoms. The van der Waals surface area contributed by atoms with Gasteiger partial charge in [0.15, 0.2) is 5.82 Å². The van der Waals surface area contributed by atoms with Crippen LogP contribution in [-0.4, -0.2) is 56.7 Å². The number of piperazine rings is 1. The number of carbonyl (C=O) groups is 1. The molecule has 4 rings (SSSR count). The van der Waals surface area contributed by atoms with E-state index in [1.165, 1.54) is 24.3 Å². The van der Waals surface area contributed by atoms with Gasteiger partial charge in [0, 0.05) is 36.6 Å². The first-order chi connectivity index (χ1) is 15.2. The van der Waals surface area contributed by atoms with Gasteiger partial charge in [-0.3, -0.25) is 4.79 Å². The molecule has 1 amide bonds. The molecule has 1 fully saturated rings. The summed E-state index contributed by atoms with van der Waals surface area (Å²) in [6, 6.07) is 5.59. The maximum absolute atomic E-state index is 15.7. The Morgan fingerprint density at radius 1 is 1.25 bits per heavy atom. The first kappa shape index (κ1) is 21.8. The van der Waals surface area contributed by atoms with E-state index >= 15 is 4.39 Å². The molecule has 0 saturated carbocycles. The molecule has 2 aromatic carbocycles. The molecular formula is C23H22ClFN4O3. The van der Waals surface area contributed by atoms with E-state index in [9.17, 15) is 15.0 Å². The second-order valence-corrected chi connectivity index (χ2v) is 8.15. The second kappa shape index (κ2) is 8.27. The number of halogens is 2. The Balaban J connectivity index is 1.87. The fourth-order valence-electron chi connectivity index (χ4n) is 4.12.